The molecule has 3 heterocycles. The molecule has 6 heteroatoms. The first-order chi connectivity index (χ1) is 10.2. The fraction of sp³-hybridized carbons (Fsp3) is 0.200. The fourth-order valence-corrected chi connectivity index (χ4v) is 2.83. The molecule has 0 radical (unpaired) electrons. The number of para-hydroxylation sites is 1. The largest absolute Gasteiger partial charge is 0.374 e. The summed E-state index contributed by atoms with van der Waals surface area (Å²) in [6, 6.07) is 11.2. The van der Waals surface area contributed by atoms with Crippen molar-refractivity contribution >= 4 is 23.0 Å². The van der Waals surface area contributed by atoms with Crippen molar-refractivity contribution in [1.29, 1.82) is 0 Å². The van der Waals surface area contributed by atoms with Gasteiger partial charge in [-0.25, -0.2) is 4.99 Å². The van der Waals surface area contributed by atoms with E-state index < -0.39 is 11.4 Å². The number of amidine groups is 1. The van der Waals surface area contributed by atoms with Crippen LogP contribution in [-0.4, -0.2) is 39.1 Å². The van der Waals surface area contributed by atoms with Gasteiger partial charge in [0.2, 0.25) is 5.78 Å². The summed E-state index contributed by atoms with van der Waals surface area (Å²) >= 11 is 0. The van der Waals surface area contributed by atoms with Gasteiger partial charge in [0.05, 0.1) is 11.9 Å². The average Bonchev–Trinajstić information content (AvgIpc) is 2.87. The summed E-state index contributed by atoms with van der Waals surface area (Å²) in [4.78, 5) is 18.9. The minimum absolute atomic E-state index is 0.138. The highest BCUT2D eigenvalue weighted by molar-refractivity contribution is 6.27. The fourth-order valence-electron chi connectivity index (χ4n) is 2.83. The molecule has 2 aliphatic heterocycles. The molecular formula is C15H12N4O2. The first kappa shape index (κ1) is 12.2. The van der Waals surface area contributed by atoms with Crippen molar-refractivity contribution in [3.8, 4) is 0 Å². The third-order valence-corrected chi connectivity index (χ3v) is 3.91. The zero-order chi connectivity index (χ0) is 14.4. The number of hydrogen-bond acceptors (Lipinski definition) is 6. The second-order valence-corrected chi connectivity index (χ2v) is 5.13. The number of ketones is 1. The van der Waals surface area contributed by atoms with Crippen molar-refractivity contribution < 1.29 is 9.90 Å². The number of carbonyl (C=O) groups is 1. The maximum Gasteiger partial charge on any atom is 0.224 e. The lowest BCUT2D eigenvalue weighted by molar-refractivity contribution is 0.0595. The number of benzene rings is 1. The molecule has 0 amide bonds. The van der Waals surface area contributed by atoms with Crippen molar-refractivity contribution in [2.45, 2.75) is 12.0 Å². The van der Waals surface area contributed by atoms with Crippen molar-refractivity contribution in [3.05, 3.63) is 48.3 Å². The van der Waals surface area contributed by atoms with E-state index in [0.29, 0.717) is 24.5 Å². The standard InChI is InChI=1S/C15H12N4O2/c20-13-12-11(6-8-16-18-12)17-14-15(13,21)7-9-19(14)10-4-2-1-3-5-10/h1-6,8,21H,7,9H2. The quantitative estimate of drug-likeness (QED) is 0.853. The van der Waals surface area contributed by atoms with Gasteiger partial charge in [-0.15, -0.1) is 5.10 Å². The Hall–Kier alpha value is -2.60. The topological polar surface area (TPSA) is 78.7 Å². The molecule has 1 saturated heterocycles. The molecule has 4 rings (SSSR count). The zero-order valence-corrected chi connectivity index (χ0v) is 11.1. The molecule has 104 valence electrons. The Kier molecular flexibility index (Phi) is 2.43. The van der Waals surface area contributed by atoms with Gasteiger partial charge in [0, 0.05) is 18.7 Å². The van der Waals surface area contributed by atoms with E-state index in [0.717, 1.165) is 5.69 Å². The first-order valence-corrected chi connectivity index (χ1v) is 6.71. The van der Waals surface area contributed by atoms with E-state index in [1.165, 1.54) is 6.20 Å². The summed E-state index contributed by atoms with van der Waals surface area (Å²) < 4.78 is 0. The van der Waals surface area contributed by atoms with Crippen molar-refractivity contribution in [1.82, 2.24) is 10.2 Å². The molecule has 21 heavy (non-hydrogen) atoms. The number of fused-ring (bicyclic) bond motifs is 2. The summed E-state index contributed by atoms with van der Waals surface area (Å²) in [5, 5.41) is 18.3. The van der Waals surface area contributed by atoms with Gasteiger partial charge < -0.3 is 10.0 Å². The Morgan fingerprint density at radius 3 is 2.81 bits per heavy atom. The Balaban J connectivity index is 1.88. The molecule has 1 aromatic heterocycles. The average molecular weight is 280 g/mol. The van der Waals surface area contributed by atoms with Gasteiger partial charge in [-0.2, -0.15) is 5.10 Å². The van der Waals surface area contributed by atoms with Gasteiger partial charge in [-0.1, -0.05) is 18.2 Å². The van der Waals surface area contributed by atoms with Crippen LogP contribution in [0.15, 0.2) is 47.6 Å². The third kappa shape index (κ3) is 1.62. The summed E-state index contributed by atoms with van der Waals surface area (Å²) in [5.74, 6) is -0.0479. The second kappa shape index (κ2) is 4.20. The minimum atomic E-state index is -1.60. The lowest BCUT2D eigenvalue weighted by Crippen LogP contribution is -2.49. The second-order valence-electron chi connectivity index (χ2n) is 5.13. The lowest BCUT2D eigenvalue weighted by Gasteiger charge is -2.28. The zero-order valence-electron chi connectivity index (χ0n) is 11.1. The van der Waals surface area contributed by atoms with Gasteiger partial charge in [0.15, 0.2) is 11.3 Å². The highest BCUT2D eigenvalue weighted by Crippen LogP contribution is 2.38. The van der Waals surface area contributed by atoms with Crippen LogP contribution in [0.3, 0.4) is 0 Å². The molecule has 0 saturated carbocycles. The number of nitrogens with zero attached hydrogens (tertiary/aromatic N) is 4. The van der Waals surface area contributed by atoms with Crippen LogP contribution in [0.4, 0.5) is 11.4 Å². The van der Waals surface area contributed by atoms with Gasteiger partial charge in [-0.3, -0.25) is 4.79 Å². The predicted octanol–water partition coefficient (Wildman–Crippen LogP) is 1.34. The predicted molar refractivity (Wildman–Crippen MR) is 76.8 cm³/mol. The highest BCUT2D eigenvalue weighted by atomic mass is 16.3. The number of hydrogen-bond donors (Lipinski definition) is 1. The lowest BCUT2D eigenvalue weighted by atomic mass is 9.91. The Morgan fingerprint density at radius 2 is 2.00 bits per heavy atom. The molecule has 1 atom stereocenters. The molecule has 0 aliphatic carbocycles. The van der Waals surface area contributed by atoms with Crippen LogP contribution in [0.25, 0.3) is 0 Å². The van der Waals surface area contributed by atoms with E-state index in [2.05, 4.69) is 15.2 Å². The maximum atomic E-state index is 12.5. The normalized spacial score (nSPS) is 23.6. The molecule has 0 spiro atoms. The number of rotatable bonds is 1. The number of Topliss-reactive ketones (excluding diaryl/α,β-unsaturated/α-hetero) is 1. The first-order valence-electron chi connectivity index (χ1n) is 6.71. The summed E-state index contributed by atoms with van der Waals surface area (Å²) in [5.41, 5.74) is -0.0968. The van der Waals surface area contributed by atoms with Crippen LogP contribution in [0, 0.1) is 0 Å². The SMILES string of the molecule is O=C1c2nnccc2N=C2N(c3ccccc3)CCC12O. The van der Waals surface area contributed by atoms with E-state index in [4.69, 9.17) is 0 Å². The van der Waals surface area contributed by atoms with Gasteiger partial charge >= 0.3 is 0 Å². The Labute approximate surface area is 120 Å². The summed E-state index contributed by atoms with van der Waals surface area (Å²) in [6.07, 6.45) is 1.79. The monoisotopic (exact) mass is 280 g/mol. The van der Waals surface area contributed by atoms with Crippen LogP contribution in [0.5, 0.6) is 0 Å². The summed E-state index contributed by atoms with van der Waals surface area (Å²) in [6.45, 7) is 0.534. The van der Waals surface area contributed by atoms with Crippen LogP contribution in [0.2, 0.25) is 0 Å². The molecule has 2 aliphatic rings. The van der Waals surface area contributed by atoms with E-state index in [1.54, 1.807) is 6.07 Å². The van der Waals surface area contributed by atoms with E-state index in [9.17, 15) is 9.90 Å². The minimum Gasteiger partial charge on any atom is -0.374 e. The van der Waals surface area contributed by atoms with E-state index >= 15 is 0 Å². The Bertz CT molecular complexity index is 759. The number of carbonyl (C=O) groups excluding carboxylic acids is 1. The van der Waals surface area contributed by atoms with Crippen LogP contribution >= 0.6 is 0 Å². The maximum absolute atomic E-state index is 12.5. The van der Waals surface area contributed by atoms with Crippen molar-refractivity contribution in [2.75, 3.05) is 11.4 Å². The van der Waals surface area contributed by atoms with Crippen LogP contribution < -0.4 is 4.90 Å². The highest BCUT2D eigenvalue weighted by Gasteiger charge is 2.53. The molecule has 1 N–H and O–H groups in total. The van der Waals surface area contributed by atoms with Crippen LogP contribution in [-0.2, 0) is 0 Å². The van der Waals surface area contributed by atoms with Crippen LogP contribution in [0.1, 0.15) is 16.9 Å². The molecule has 2 aromatic rings. The number of anilines is 1. The van der Waals surface area contributed by atoms with Gasteiger partial charge in [0.25, 0.3) is 0 Å². The number of aromatic nitrogens is 2. The molecule has 1 aromatic carbocycles. The molecule has 6 nitrogen and oxygen atoms in total. The molecular weight excluding hydrogens is 268 g/mol. The third-order valence-electron chi connectivity index (χ3n) is 3.91. The molecule has 0 bridgehead atoms. The van der Waals surface area contributed by atoms with Gasteiger partial charge in [-0.05, 0) is 18.2 Å². The van der Waals surface area contributed by atoms with Crippen molar-refractivity contribution in [3.63, 3.8) is 0 Å². The molecule has 1 fully saturated rings. The van der Waals surface area contributed by atoms with E-state index in [1.807, 2.05) is 35.2 Å². The number of aliphatic hydroxyl groups is 1. The number of aliphatic imine (C=N–C) groups is 1. The molecule has 1 unspecified atom stereocenters. The summed E-state index contributed by atoms with van der Waals surface area (Å²) in [7, 11) is 0. The van der Waals surface area contributed by atoms with E-state index in [-0.39, 0.29) is 5.69 Å². The van der Waals surface area contributed by atoms with Gasteiger partial charge in [0.1, 0.15) is 5.84 Å². The van der Waals surface area contributed by atoms with Crippen molar-refractivity contribution in [2.24, 2.45) is 4.99 Å². The Morgan fingerprint density at radius 1 is 1.19 bits per heavy atom. The smallest absolute Gasteiger partial charge is 0.224 e.